The number of rotatable bonds is 5. The summed E-state index contributed by atoms with van der Waals surface area (Å²) in [5, 5.41) is 7.95. The molecule has 0 N–H and O–H groups in total. The van der Waals surface area contributed by atoms with E-state index in [0.717, 1.165) is 11.1 Å². The second-order valence-electron chi connectivity index (χ2n) is 5.67. The summed E-state index contributed by atoms with van der Waals surface area (Å²) in [5.41, 5.74) is 1.58. The summed E-state index contributed by atoms with van der Waals surface area (Å²) in [6.07, 6.45) is 1.64. The standard InChI is InChI=1S/C20H13FN2O3/c21-16-5-2-1-4-15(16)17(24)12-13-7-9-14(10-8-13)19-22-23-20(26-19)18-6-3-11-25-18/h1-11H,12H2. The van der Waals surface area contributed by atoms with E-state index in [4.69, 9.17) is 8.83 Å². The first-order valence-electron chi connectivity index (χ1n) is 7.95. The van der Waals surface area contributed by atoms with Crippen molar-refractivity contribution in [2.24, 2.45) is 0 Å². The fourth-order valence-electron chi connectivity index (χ4n) is 2.57. The Morgan fingerprint density at radius 1 is 0.923 bits per heavy atom. The van der Waals surface area contributed by atoms with Gasteiger partial charge in [0.25, 0.3) is 5.89 Å². The SMILES string of the molecule is O=C(Cc1ccc(-c2nnc(-c3ccco3)o2)cc1)c1ccccc1F. The molecule has 0 unspecified atom stereocenters. The van der Waals surface area contributed by atoms with Gasteiger partial charge in [-0.2, -0.15) is 0 Å². The van der Waals surface area contributed by atoms with Gasteiger partial charge < -0.3 is 8.83 Å². The van der Waals surface area contributed by atoms with Gasteiger partial charge in [-0.15, -0.1) is 10.2 Å². The first-order valence-corrected chi connectivity index (χ1v) is 7.95. The molecular formula is C20H13FN2O3. The third-order valence-corrected chi connectivity index (χ3v) is 3.90. The Morgan fingerprint density at radius 2 is 1.69 bits per heavy atom. The molecule has 4 rings (SSSR count). The molecule has 0 amide bonds. The average molecular weight is 348 g/mol. The number of hydrogen-bond acceptors (Lipinski definition) is 5. The lowest BCUT2D eigenvalue weighted by atomic mass is 10.0. The van der Waals surface area contributed by atoms with E-state index in [-0.39, 0.29) is 17.8 Å². The minimum absolute atomic E-state index is 0.0940. The average Bonchev–Trinajstić information content (AvgIpc) is 3.34. The number of Topliss-reactive ketones (excluding diaryl/α,β-unsaturated/α-hetero) is 1. The van der Waals surface area contributed by atoms with E-state index in [1.807, 2.05) is 0 Å². The number of benzene rings is 2. The Hall–Kier alpha value is -3.54. The van der Waals surface area contributed by atoms with Crippen LogP contribution in [0.3, 0.4) is 0 Å². The number of nitrogens with zero attached hydrogens (tertiary/aromatic N) is 2. The van der Waals surface area contributed by atoms with Gasteiger partial charge in [0.2, 0.25) is 5.89 Å². The Kier molecular flexibility index (Phi) is 4.15. The van der Waals surface area contributed by atoms with Gasteiger partial charge in [0.1, 0.15) is 5.82 Å². The molecule has 0 saturated heterocycles. The van der Waals surface area contributed by atoms with E-state index in [1.165, 1.54) is 18.4 Å². The number of hydrogen-bond donors (Lipinski definition) is 0. The predicted molar refractivity (Wildman–Crippen MR) is 91.9 cm³/mol. The lowest BCUT2D eigenvalue weighted by molar-refractivity contribution is 0.0989. The van der Waals surface area contributed by atoms with Crippen LogP contribution in [0.5, 0.6) is 0 Å². The lowest BCUT2D eigenvalue weighted by Gasteiger charge is -2.03. The summed E-state index contributed by atoms with van der Waals surface area (Å²) in [6, 6.07) is 16.6. The van der Waals surface area contributed by atoms with Gasteiger partial charge in [-0.3, -0.25) is 4.79 Å². The van der Waals surface area contributed by atoms with E-state index in [2.05, 4.69) is 10.2 Å². The van der Waals surface area contributed by atoms with E-state index >= 15 is 0 Å². The van der Waals surface area contributed by atoms with Crippen molar-refractivity contribution in [3.63, 3.8) is 0 Å². The summed E-state index contributed by atoms with van der Waals surface area (Å²) in [4.78, 5) is 12.2. The van der Waals surface area contributed by atoms with E-state index in [1.54, 1.807) is 48.5 Å². The molecule has 2 aromatic carbocycles. The van der Waals surface area contributed by atoms with Gasteiger partial charge in [0.15, 0.2) is 11.5 Å². The van der Waals surface area contributed by atoms with Gasteiger partial charge in [0, 0.05) is 12.0 Å². The van der Waals surface area contributed by atoms with Crippen LogP contribution in [-0.2, 0) is 6.42 Å². The maximum absolute atomic E-state index is 13.7. The van der Waals surface area contributed by atoms with Gasteiger partial charge in [-0.1, -0.05) is 24.3 Å². The van der Waals surface area contributed by atoms with Crippen molar-refractivity contribution in [1.82, 2.24) is 10.2 Å². The Labute approximate surface area is 148 Å². The maximum atomic E-state index is 13.7. The molecule has 2 aromatic heterocycles. The largest absolute Gasteiger partial charge is 0.459 e. The normalized spacial score (nSPS) is 10.8. The summed E-state index contributed by atoms with van der Waals surface area (Å²) in [7, 11) is 0. The van der Waals surface area contributed by atoms with Crippen LogP contribution in [0.4, 0.5) is 4.39 Å². The van der Waals surface area contributed by atoms with Crippen molar-refractivity contribution in [3.8, 4) is 23.1 Å². The minimum Gasteiger partial charge on any atom is -0.459 e. The first kappa shape index (κ1) is 16.0. The van der Waals surface area contributed by atoms with Crippen LogP contribution in [0.1, 0.15) is 15.9 Å². The molecule has 0 atom stereocenters. The van der Waals surface area contributed by atoms with Crippen LogP contribution in [-0.4, -0.2) is 16.0 Å². The Bertz CT molecular complexity index is 1040. The molecule has 4 aromatic rings. The van der Waals surface area contributed by atoms with Crippen LogP contribution < -0.4 is 0 Å². The molecule has 6 heteroatoms. The van der Waals surface area contributed by atoms with E-state index in [0.29, 0.717) is 17.5 Å². The smallest absolute Gasteiger partial charge is 0.283 e. The molecule has 0 radical (unpaired) electrons. The number of ketones is 1. The first-order chi connectivity index (χ1) is 12.7. The Balaban J connectivity index is 1.50. The fraction of sp³-hybridized carbons (Fsp3) is 0.0500. The monoisotopic (exact) mass is 348 g/mol. The number of furan rings is 1. The van der Waals surface area contributed by atoms with Gasteiger partial charge in [0.05, 0.1) is 11.8 Å². The van der Waals surface area contributed by atoms with Crippen molar-refractivity contribution >= 4 is 5.78 Å². The zero-order chi connectivity index (χ0) is 17.9. The predicted octanol–water partition coefficient (Wildman–Crippen LogP) is 4.56. The molecular weight excluding hydrogens is 335 g/mol. The molecule has 0 spiro atoms. The zero-order valence-electron chi connectivity index (χ0n) is 13.6. The van der Waals surface area contributed by atoms with Crippen molar-refractivity contribution in [2.45, 2.75) is 6.42 Å². The van der Waals surface area contributed by atoms with Crippen LogP contribution >= 0.6 is 0 Å². The molecule has 0 aliphatic rings. The number of carbonyl (C=O) groups is 1. The highest BCUT2D eigenvalue weighted by Gasteiger charge is 2.14. The van der Waals surface area contributed by atoms with Crippen LogP contribution in [0.25, 0.3) is 23.1 Å². The second-order valence-corrected chi connectivity index (χ2v) is 5.67. The fourth-order valence-corrected chi connectivity index (χ4v) is 2.57. The van der Waals surface area contributed by atoms with E-state index in [9.17, 15) is 9.18 Å². The third kappa shape index (κ3) is 3.17. The van der Waals surface area contributed by atoms with Crippen molar-refractivity contribution in [1.29, 1.82) is 0 Å². The molecule has 5 nitrogen and oxygen atoms in total. The molecule has 0 bridgehead atoms. The number of aromatic nitrogens is 2. The zero-order valence-corrected chi connectivity index (χ0v) is 13.6. The highest BCUT2D eigenvalue weighted by Crippen LogP contribution is 2.24. The van der Waals surface area contributed by atoms with E-state index < -0.39 is 5.82 Å². The summed E-state index contributed by atoms with van der Waals surface area (Å²) >= 11 is 0. The highest BCUT2D eigenvalue weighted by molar-refractivity contribution is 5.97. The molecule has 0 fully saturated rings. The van der Waals surface area contributed by atoms with Gasteiger partial charge in [-0.05, 0) is 42.0 Å². The maximum Gasteiger partial charge on any atom is 0.283 e. The summed E-state index contributed by atoms with van der Waals surface area (Å²) in [6.45, 7) is 0. The molecule has 0 aliphatic heterocycles. The van der Waals surface area contributed by atoms with Crippen LogP contribution in [0.15, 0.2) is 75.8 Å². The van der Waals surface area contributed by atoms with Crippen LogP contribution in [0, 0.1) is 5.82 Å². The molecule has 128 valence electrons. The van der Waals surface area contributed by atoms with Crippen molar-refractivity contribution in [2.75, 3.05) is 0 Å². The molecule has 0 saturated carbocycles. The quantitative estimate of drug-likeness (QED) is 0.495. The topological polar surface area (TPSA) is 69.1 Å². The van der Waals surface area contributed by atoms with Gasteiger partial charge >= 0.3 is 0 Å². The highest BCUT2D eigenvalue weighted by atomic mass is 19.1. The van der Waals surface area contributed by atoms with Crippen LogP contribution in [0.2, 0.25) is 0 Å². The second kappa shape index (κ2) is 6.76. The molecule has 2 heterocycles. The summed E-state index contributed by atoms with van der Waals surface area (Å²) < 4.78 is 24.5. The summed E-state index contributed by atoms with van der Waals surface area (Å²) in [5.74, 6) is 0.363. The number of halogens is 1. The molecule has 26 heavy (non-hydrogen) atoms. The lowest BCUT2D eigenvalue weighted by Crippen LogP contribution is -2.05. The van der Waals surface area contributed by atoms with Crippen molar-refractivity contribution in [3.05, 3.63) is 83.9 Å². The van der Waals surface area contributed by atoms with Crippen molar-refractivity contribution < 1.29 is 18.0 Å². The minimum atomic E-state index is -0.509. The van der Waals surface area contributed by atoms with Gasteiger partial charge in [-0.25, -0.2) is 4.39 Å². The number of carbonyl (C=O) groups excluding carboxylic acids is 1. The third-order valence-electron chi connectivity index (χ3n) is 3.90. The Morgan fingerprint density at radius 3 is 2.42 bits per heavy atom. The molecule has 0 aliphatic carbocycles.